The van der Waals surface area contributed by atoms with E-state index >= 15 is 0 Å². The number of ether oxygens (including phenoxy) is 1. The molecule has 1 heterocycles. The van der Waals surface area contributed by atoms with Crippen LogP contribution in [0.25, 0.3) is 11.1 Å². The van der Waals surface area contributed by atoms with Crippen LogP contribution in [0.3, 0.4) is 0 Å². The summed E-state index contributed by atoms with van der Waals surface area (Å²) in [6.07, 6.45) is 0.462. The van der Waals surface area contributed by atoms with Crippen molar-refractivity contribution in [3.05, 3.63) is 94.5 Å². The largest absolute Gasteiger partial charge is 0.478 e. The Labute approximate surface area is 202 Å². The molecule has 1 aliphatic heterocycles. The molecule has 0 spiro atoms. The van der Waals surface area contributed by atoms with Gasteiger partial charge in [-0.1, -0.05) is 60.7 Å². The number of nitrogens with one attached hydrogen (secondary N) is 1. The van der Waals surface area contributed by atoms with Gasteiger partial charge >= 0.3 is 12.1 Å². The molecule has 3 aliphatic rings. The van der Waals surface area contributed by atoms with Crippen LogP contribution in [0, 0.1) is 0 Å². The lowest BCUT2D eigenvalue weighted by atomic mass is 9.98. The third kappa shape index (κ3) is 3.55. The second-order valence-electron chi connectivity index (χ2n) is 9.44. The highest BCUT2D eigenvalue weighted by atomic mass is 16.5. The number of fused-ring (bicyclic) bond motifs is 4. The molecule has 176 valence electrons. The van der Waals surface area contributed by atoms with Gasteiger partial charge in [0.05, 0.1) is 5.56 Å². The zero-order valence-electron chi connectivity index (χ0n) is 19.0. The zero-order chi connectivity index (χ0) is 24.2. The van der Waals surface area contributed by atoms with Crippen LogP contribution in [0.5, 0.6) is 0 Å². The smallest absolute Gasteiger partial charge is 0.408 e. The van der Waals surface area contributed by atoms with E-state index in [1.165, 1.54) is 0 Å². The van der Waals surface area contributed by atoms with E-state index in [4.69, 9.17) is 4.74 Å². The van der Waals surface area contributed by atoms with Crippen LogP contribution in [0.4, 0.5) is 4.79 Å². The third-order valence-electron chi connectivity index (χ3n) is 7.35. The lowest BCUT2D eigenvalue weighted by Crippen LogP contribution is -2.49. The number of carbonyl (C=O) groups is 3. The van der Waals surface area contributed by atoms with Gasteiger partial charge < -0.3 is 20.1 Å². The maximum absolute atomic E-state index is 13.3. The highest BCUT2D eigenvalue weighted by Crippen LogP contribution is 2.45. The Balaban J connectivity index is 1.13. The molecular weight excluding hydrogens is 444 g/mol. The standard InChI is InChI=1S/C28H24N2O5/c31-25(32)22-11-5-6-17-14-30(15-23(17)22)26(33)28(12-13-28)29-27(34)35-16-24-20-9-3-1-7-18(20)19-8-2-4-10-21(19)24/h1-11,24H,12-16H2,(H,29,34)(H,31,32). The molecule has 0 bridgehead atoms. The van der Waals surface area contributed by atoms with E-state index in [1.54, 1.807) is 17.0 Å². The number of carboxylic acids is 1. The van der Waals surface area contributed by atoms with Gasteiger partial charge in [-0.05, 0) is 52.3 Å². The maximum Gasteiger partial charge on any atom is 0.408 e. The molecule has 1 saturated carbocycles. The Morgan fingerprint density at radius 1 is 0.914 bits per heavy atom. The average Bonchev–Trinajstić information content (AvgIpc) is 3.39. The summed E-state index contributed by atoms with van der Waals surface area (Å²) in [4.78, 5) is 39.3. The summed E-state index contributed by atoms with van der Waals surface area (Å²) in [5, 5.41) is 12.3. The van der Waals surface area contributed by atoms with E-state index in [-0.39, 0.29) is 30.5 Å². The lowest BCUT2D eigenvalue weighted by molar-refractivity contribution is -0.135. The molecule has 0 aromatic heterocycles. The number of benzene rings is 3. The minimum Gasteiger partial charge on any atom is -0.478 e. The molecule has 1 fully saturated rings. The van der Waals surface area contributed by atoms with Crippen molar-refractivity contribution < 1.29 is 24.2 Å². The Morgan fingerprint density at radius 3 is 2.20 bits per heavy atom. The number of nitrogens with zero attached hydrogens (tertiary/aromatic N) is 1. The maximum atomic E-state index is 13.3. The van der Waals surface area contributed by atoms with Crippen molar-refractivity contribution in [2.24, 2.45) is 0 Å². The first-order valence-electron chi connectivity index (χ1n) is 11.7. The first-order valence-corrected chi connectivity index (χ1v) is 11.7. The second kappa shape index (κ2) is 7.98. The van der Waals surface area contributed by atoms with Crippen molar-refractivity contribution in [2.45, 2.75) is 37.4 Å². The monoisotopic (exact) mass is 468 g/mol. The van der Waals surface area contributed by atoms with Crippen LogP contribution in [-0.4, -0.2) is 40.1 Å². The molecule has 2 N–H and O–H groups in total. The van der Waals surface area contributed by atoms with E-state index in [1.807, 2.05) is 30.3 Å². The van der Waals surface area contributed by atoms with Crippen molar-refractivity contribution >= 4 is 18.0 Å². The number of rotatable bonds is 5. The molecule has 0 atom stereocenters. The summed E-state index contributed by atoms with van der Waals surface area (Å²) in [5.41, 5.74) is 5.28. The molecule has 0 unspecified atom stereocenters. The van der Waals surface area contributed by atoms with Crippen molar-refractivity contribution in [1.82, 2.24) is 10.2 Å². The highest BCUT2D eigenvalue weighted by molar-refractivity contribution is 5.94. The topological polar surface area (TPSA) is 95.9 Å². The van der Waals surface area contributed by atoms with E-state index in [0.717, 1.165) is 27.8 Å². The van der Waals surface area contributed by atoms with E-state index in [0.29, 0.717) is 24.9 Å². The van der Waals surface area contributed by atoms with E-state index < -0.39 is 17.6 Å². The van der Waals surface area contributed by atoms with Crippen LogP contribution in [0.1, 0.15) is 51.4 Å². The average molecular weight is 469 g/mol. The van der Waals surface area contributed by atoms with Gasteiger partial charge in [-0.15, -0.1) is 0 Å². The van der Waals surface area contributed by atoms with Gasteiger partial charge in [0.25, 0.3) is 0 Å². The summed E-state index contributed by atoms with van der Waals surface area (Å²) in [6.45, 7) is 0.745. The Kier molecular flexibility index (Phi) is 4.88. The third-order valence-corrected chi connectivity index (χ3v) is 7.35. The number of carboxylic acid groups (broad SMARTS) is 1. The summed E-state index contributed by atoms with van der Waals surface area (Å²) >= 11 is 0. The molecule has 0 saturated heterocycles. The van der Waals surface area contributed by atoms with Gasteiger partial charge in [-0.25, -0.2) is 9.59 Å². The molecule has 35 heavy (non-hydrogen) atoms. The SMILES string of the molecule is O=C(NC1(C(=O)N2Cc3cccc(C(=O)O)c3C2)CC1)OCC1c2ccccc2-c2ccccc21. The molecule has 6 rings (SSSR count). The van der Waals surface area contributed by atoms with Gasteiger partial charge in [0.15, 0.2) is 0 Å². The fourth-order valence-electron chi connectivity index (χ4n) is 5.42. The van der Waals surface area contributed by atoms with Crippen molar-refractivity contribution in [2.75, 3.05) is 6.61 Å². The lowest BCUT2D eigenvalue weighted by Gasteiger charge is -2.24. The first kappa shape index (κ1) is 21.4. The fraction of sp³-hybridized carbons (Fsp3) is 0.250. The van der Waals surface area contributed by atoms with Crippen LogP contribution in [0.15, 0.2) is 66.7 Å². The van der Waals surface area contributed by atoms with Crippen molar-refractivity contribution in [1.29, 1.82) is 0 Å². The quantitative estimate of drug-likeness (QED) is 0.582. The predicted molar refractivity (Wildman–Crippen MR) is 128 cm³/mol. The molecule has 2 aliphatic carbocycles. The van der Waals surface area contributed by atoms with Crippen molar-refractivity contribution in [3.63, 3.8) is 0 Å². The Hall–Kier alpha value is -4.13. The van der Waals surface area contributed by atoms with E-state index in [2.05, 4.69) is 29.6 Å². The van der Waals surface area contributed by atoms with Gasteiger partial charge in [0.2, 0.25) is 5.91 Å². The fourth-order valence-corrected chi connectivity index (χ4v) is 5.42. The molecule has 7 nitrogen and oxygen atoms in total. The number of alkyl carbamates (subject to hydrolysis) is 1. The van der Waals surface area contributed by atoms with Gasteiger partial charge in [0.1, 0.15) is 12.1 Å². The molecule has 3 aromatic rings. The van der Waals surface area contributed by atoms with Crippen LogP contribution in [0.2, 0.25) is 0 Å². The summed E-state index contributed by atoms with van der Waals surface area (Å²) in [5.74, 6) is -1.26. The molecule has 3 aromatic carbocycles. The summed E-state index contributed by atoms with van der Waals surface area (Å²) in [7, 11) is 0. The molecular formula is C28H24N2O5. The number of aromatic carboxylic acids is 1. The van der Waals surface area contributed by atoms with E-state index in [9.17, 15) is 19.5 Å². The number of carbonyl (C=O) groups excluding carboxylic acids is 2. The van der Waals surface area contributed by atoms with Crippen LogP contribution >= 0.6 is 0 Å². The van der Waals surface area contributed by atoms with Gasteiger partial charge in [-0.3, -0.25) is 4.79 Å². The summed E-state index contributed by atoms with van der Waals surface area (Å²) < 4.78 is 5.64. The first-order chi connectivity index (χ1) is 17.0. The molecule has 0 radical (unpaired) electrons. The minimum absolute atomic E-state index is 0.0541. The summed E-state index contributed by atoms with van der Waals surface area (Å²) in [6, 6.07) is 21.3. The Bertz CT molecular complexity index is 1330. The molecule has 2 amide bonds. The zero-order valence-corrected chi connectivity index (χ0v) is 19.0. The Morgan fingerprint density at radius 2 is 1.57 bits per heavy atom. The van der Waals surface area contributed by atoms with Crippen molar-refractivity contribution in [3.8, 4) is 11.1 Å². The normalized spacial score (nSPS) is 16.7. The number of hydrogen-bond donors (Lipinski definition) is 2. The van der Waals surface area contributed by atoms with Gasteiger partial charge in [0, 0.05) is 19.0 Å². The second-order valence-corrected chi connectivity index (χ2v) is 9.44. The van der Waals surface area contributed by atoms with Crippen LogP contribution in [-0.2, 0) is 22.6 Å². The predicted octanol–water partition coefficient (Wildman–Crippen LogP) is 4.30. The molecule has 7 heteroatoms. The van der Waals surface area contributed by atoms with Gasteiger partial charge in [-0.2, -0.15) is 0 Å². The minimum atomic E-state index is -1.01. The number of amides is 2. The highest BCUT2D eigenvalue weighted by Gasteiger charge is 2.54. The van der Waals surface area contributed by atoms with Crippen LogP contribution < -0.4 is 5.32 Å². The number of hydrogen-bond acceptors (Lipinski definition) is 4.